The molecule has 0 aromatic carbocycles. The van der Waals surface area contributed by atoms with Gasteiger partial charge in [-0.15, -0.1) is 0 Å². The van der Waals surface area contributed by atoms with Crippen molar-refractivity contribution in [1.82, 2.24) is 24.7 Å². The number of hydrogen-bond acceptors (Lipinski definition) is 7. The molecule has 0 unspecified atom stereocenters. The number of aromatic nitrogens is 4. The summed E-state index contributed by atoms with van der Waals surface area (Å²) in [5.41, 5.74) is 0.840. The van der Waals surface area contributed by atoms with Gasteiger partial charge in [-0.1, -0.05) is 19.3 Å². The van der Waals surface area contributed by atoms with Gasteiger partial charge in [0.15, 0.2) is 0 Å². The minimum atomic E-state index is -3.54. The number of likely N-dealkylation sites (N-methyl/N-ethyl adjacent to an activating group) is 1. The highest BCUT2D eigenvalue weighted by molar-refractivity contribution is 7.89. The SMILES string of the molecule is CN(c1ccc(S(=O)(=O)NCC2CCCCC2)cn1)[C@@H]1CCN(c2ncnc3[nH]ccc23)C1. The molecule has 0 amide bonds. The summed E-state index contributed by atoms with van der Waals surface area (Å²) in [5.74, 6) is 2.15. The van der Waals surface area contributed by atoms with Crippen LogP contribution in [-0.4, -0.2) is 61.1 Å². The zero-order valence-corrected chi connectivity index (χ0v) is 19.8. The molecule has 0 spiro atoms. The van der Waals surface area contributed by atoms with E-state index in [9.17, 15) is 8.42 Å². The Morgan fingerprint density at radius 3 is 2.76 bits per heavy atom. The zero-order valence-electron chi connectivity index (χ0n) is 18.9. The first-order chi connectivity index (χ1) is 16.0. The van der Waals surface area contributed by atoms with Gasteiger partial charge in [0.05, 0.1) is 5.39 Å². The van der Waals surface area contributed by atoms with Gasteiger partial charge in [-0.3, -0.25) is 0 Å². The van der Waals surface area contributed by atoms with Crippen molar-refractivity contribution in [2.24, 2.45) is 5.92 Å². The molecule has 5 rings (SSSR count). The molecule has 3 aromatic rings. The van der Waals surface area contributed by atoms with Crippen LogP contribution >= 0.6 is 0 Å². The van der Waals surface area contributed by atoms with Crippen LogP contribution < -0.4 is 14.5 Å². The Labute approximate surface area is 194 Å². The standard InChI is InChI=1S/C23H31N7O2S/c1-29(18-10-12-30(15-18)23-20-9-11-24-22(20)26-16-27-23)21-8-7-19(14-25-21)33(31,32)28-13-17-5-3-2-4-6-17/h7-9,11,14,16-18,28H,2-6,10,12-13,15H2,1H3,(H,24,26,27)/t18-/m1/s1. The lowest BCUT2D eigenvalue weighted by molar-refractivity contribution is 0.357. The molecule has 9 nitrogen and oxygen atoms in total. The fourth-order valence-corrected chi connectivity index (χ4v) is 6.05. The number of pyridine rings is 1. The van der Waals surface area contributed by atoms with Crippen LogP contribution in [0.2, 0.25) is 0 Å². The van der Waals surface area contributed by atoms with E-state index in [0.29, 0.717) is 12.5 Å². The Hall–Kier alpha value is -2.72. The van der Waals surface area contributed by atoms with E-state index in [1.807, 2.05) is 19.3 Å². The molecule has 2 fully saturated rings. The molecule has 4 heterocycles. The maximum Gasteiger partial charge on any atom is 0.242 e. The lowest BCUT2D eigenvalue weighted by Crippen LogP contribution is -2.35. The average molecular weight is 470 g/mol. The highest BCUT2D eigenvalue weighted by atomic mass is 32.2. The number of hydrogen-bond donors (Lipinski definition) is 2. The van der Waals surface area contributed by atoms with Gasteiger partial charge in [0.2, 0.25) is 10.0 Å². The van der Waals surface area contributed by atoms with E-state index >= 15 is 0 Å². The minimum absolute atomic E-state index is 0.222. The third-order valence-electron chi connectivity index (χ3n) is 7.02. The van der Waals surface area contributed by atoms with Crippen molar-refractivity contribution in [3.05, 3.63) is 36.9 Å². The van der Waals surface area contributed by atoms with Crippen LogP contribution in [0.4, 0.5) is 11.6 Å². The summed E-state index contributed by atoms with van der Waals surface area (Å²) >= 11 is 0. The van der Waals surface area contributed by atoms with Gasteiger partial charge >= 0.3 is 0 Å². The Morgan fingerprint density at radius 2 is 1.97 bits per heavy atom. The Morgan fingerprint density at radius 1 is 1.12 bits per heavy atom. The van der Waals surface area contributed by atoms with E-state index in [4.69, 9.17) is 0 Å². The van der Waals surface area contributed by atoms with E-state index in [1.54, 1.807) is 18.5 Å². The summed E-state index contributed by atoms with van der Waals surface area (Å²) in [6.45, 7) is 2.22. The predicted molar refractivity (Wildman–Crippen MR) is 129 cm³/mol. The average Bonchev–Trinajstić information content (AvgIpc) is 3.53. The monoisotopic (exact) mass is 469 g/mol. The van der Waals surface area contributed by atoms with Crippen molar-refractivity contribution in [3.63, 3.8) is 0 Å². The second-order valence-corrected chi connectivity index (χ2v) is 10.9. The van der Waals surface area contributed by atoms with Crippen LogP contribution in [0.3, 0.4) is 0 Å². The highest BCUT2D eigenvalue weighted by Crippen LogP contribution is 2.28. The largest absolute Gasteiger partial charge is 0.355 e. The summed E-state index contributed by atoms with van der Waals surface area (Å²) in [7, 11) is -1.53. The lowest BCUT2D eigenvalue weighted by atomic mass is 9.90. The molecule has 1 atom stereocenters. The fraction of sp³-hybridized carbons (Fsp3) is 0.522. The number of rotatable bonds is 7. The second-order valence-electron chi connectivity index (χ2n) is 9.14. The Bertz CT molecular complexity index is 1190. The third kappa shape index (κ3) is 4.67. The predicted octanol–water partition coefficient (Wildman–Crippen LogP) is 2.93. The molecule has 33 heavy (non-hydrogen) atoms. The fourth-order valence-electron chi connectivity index (χ4n) is 4.99. The molecule has 1 aliphatic carbocycles. The molecule has 1 saturated carbocycles. The molecule has 10 heteroatoms. The van der Waals surface area contributed by atoms with Crippen molar-refractivity contribution in [2.45, 2.75) is 49.5 Å². The number of sulfonamides is 1. The molecule has 0 bridgehead atoms. The topological polar surface area (TPSA) is 107 Å². The molecule has 2 aliphatic rings. The van der Waals surface area contributed by atoms with E-state index in [2.05, 4.69) is 34.5 Å². The summed E-state index contributed by atoms with van der Waals surface area (Å²) in [6.07, 6.45) is 11.8. The number of fused-ring (bicyclic) bond motifs is 1. The van der Waals surface area contributed by atoms with Crippen molar-refractivity contribution in [3.8, 4) is 0 Å². The quantitative estimate of drug-likeness (QED) is 0.548. The van der Waals surface area contributed by atoms with Gasteiger partial charge in [-0.25, -0.2) is 28.1 Å². The number of anilines is 2. The van der Waals surface area contributed by atoms with Crippen molar-refractivity contribution < 1.29 is 8.42 Å². The summed E-state index contributed by atoms with van der Waals surface area (Å²) in [6, 6.07) is 5.72. The zero-order chi connectivity index (χ0) is 22.8. The highest BCUT2D eigenvalue weighted by Gasteiger charge is 2.29. The van der Waals surface area contributed by atoms with Crippen LogP contribution in [0, 0.1) is 5.92 Å². The number of H-pyrrole nitrogens is 1. The van der Waals surface area contributed by atoms with E-state index in [1.165, 1.54) is 25.5 Å². The van der Waals surface area contributed by atoms with Crippen molar-refractivity contribution >= 4 is 32.7 Å². The van der Waals surface area contributed by atoms with E-state index in [-0.39, 0.29) is 10.9 Å². The third-order valence-corrected chi connectivity index (χ3v) is 8.43. The van der Waals surface area contributed by atoms with Crippen LogP contribution in [0.1, 0.15) is 38.5 Å². The van der Waals surface area contributed by atoms with Crippen LogP contribution in [0.15, 0.2) is 41.8 Å². The van der Waals surface area contributed by atoms with Gasteiger partial charge in [0.1, 0.15) is 28.5 Å². The van der Waals surface area contributed by atoms with Crippen molar-refractivity contribution in [1.29, 1.82) is 0 Å². The van der Waals surface area contributed by atoms with Gasteiger partial charge in [0.25, 0.3) is 0 Å². The smallest absolute Gasteiger partial charge is 0.242 e. The molecule has 1 saturated heterocycles. The summed E-state index contributed by atoms with van der Waals surface area (Å²) in [5, 5.41) is 1.02. The van der Waals surface area contributed by atoms with Crippen LogP contribution in [0.5, 0.6) is 0 Å². The Balaban J connectivity index is 1.22. The number of nitrogens with one attached hydrogen (secondary N) is 2. The molecular weight excluding hydrogens is 438 g/mol. The molecule has 0 radical (unpaired) electrons. The van der Waals surface area contributed by atoms with Crippen molar-refractivity contribution in [2.75, 3.05) is 36.5 Å². The first kappa shape index (κ1) is 22.1. The van der Waals surface area contributed by atoms with Gasteiger partial charge in [-0.2, -0.15) is 0 Å². The molecule has 3 aromatic heterocycles. The maximum atomic E-state index is 12.7. The normalized spacial score (nSPS) is 19.9. The minimum Gasteiger partial charge on any atom is -0.355 e. The van der Waals surface area contributed by atoms with Crippen LogP contribution in [-0.2, 0) is 10.0 Å². The summed E-state index contributed by atoms with van der Waals surface area (Å²) in [4.78, 5) is 21.0. The lowest BCUT2D eigenvalue weighted by Gasteiger charge is -2.26. The first-order valence-corrected chi connectivity index (χ1v) is 13.2. The molecular formula is C23H31N7O2S. The molecule has 176 valence electrons. The maximum absolute atomic E-state index is 12.7. The van der Waals surface area contributed by atoms with Crippen LogP contribution in [0.25, 0.3) is 11.0 Å². The first-order valence-electron chi connectivity index (χ1n) is 11.7. The second kappa shape index (κ2) is 9.26. The van der Waals surface area contributed by atoms with Gasteiger partial charge in [0, 0.05) is 45.1 Å². The number of nitrogens with zero attached hydrogens (tertiary/aromatic N) is 5. The Kier molecular flexibility index (Phi) is 6.20. The molecule has 1 aliphatic heterocycles. The van der Waals surface area contributed by atoms with Gasteiger partial charge in [-0.05, 0) is 43.4 Å². The van der Waals surface area contributed by atoms with E-state index in [0.717, 1.165) is 55.0 Å². The number of aromatic amines is 1. The van der Waals surface area contributed by atoms with E-state index < -0.39 is 10.0 Å². The molecule has 2 N–H and O–H groups in total. The summed E-state index contributed by atoms with van der Waals surface area (Å²) < 4.78 is 28.2. The van der Waals surface area contributed by atoms with Gasteiger partial charge < -0.3 is 14.8 Å².